The number of carbonyl (C=O) groups excluding carboxylic acids is 3. The van der Waals surface area contributed by atoms with Gasteiger partial charge in [-0.25, -0.2) is 4.79 Å². The summed E-state index contributed by atoms with van der Waals surface area (Å²) in [6, 6.07) is 4.43. The molecule has 0 bridgehead atoms. The summed E-state index contributed by atoms with van der Waals surface area (Å²) >= 11 is 0. The van der Waals surface area contributed by atoms with Crippen LogP contribution in [-0.2, 0) is 15.1 Å². The van der Waals surface area contributed by atoms with Crippen molar-refractivity contribution in [2.24, 2.45) is 0 Å². The van der Waals surface area contributed by atoms with Crippen LogP contribution in [0.4, 0.5) is 0 Å². The molecule has 1 unspecified atom stereocenters. The summed E-state index contributed by atoms with van der Waals surface area (Å²) in [4.78, 5) is 35.2. The number of aliphatic hydroxyl groups is 1. The van der Waals surface area contributed by atoms with Crippen molar-refractivity contribution in [3.8, 4) is 0 Å². The first-order chi connectivity index (χ1) is 10.4. The smallest absolute Gasteiger partial charge is 0.340 e. The molecule has 1 aliphatic carbocycles. The Morgan fingerprint density at radius 1 is 1.41 bits per heavy atom. The highest BCUT2D eigenvalue weighted by atomic mass is 16.5. The molecule has 7 nitrogen and oxygen atoms in total. The molecule has 0 radical (unpaired) electrons. The van der Waals surface area contributed by atoms with Crippen LogP contribution in [0.5, 0.6) is 0 Å². The quantitative estimate of drug-likeness (QED) is 0.483. The molecule has 0 saturated heterocycles. The van der Waals surface area contributed by atoms with E-state index in [9.17, 15) is 24.7 Å². The molecule has 3 rings (SSSR count). The van der Waals surface area contributed by atoms with Crippen LogP contribution >= 0.6 is 0 Å². The molecule has 1 heterocycles. The summed E-state index contributed by atoms with van der Waals surface area (Å²) < 4.78 is 5.13. The number of hydrogen-bond donors (Lipinski definition) is 2. The molecule has 2 aromatic rings. The number of aromatic nitrogens is 1. The van der Waals surface area contributed by atoms with E-state index in [1.54, 1.807) is 0 Å². The van der Waals surface area contributed by atoms with Gasteiger partial charge in [0.05, 0.1) is 18.2 Å². The lowest BCUT2D eigenvalue weighted by Gasteiger charge is -2.22. The molecule has 2 N–H and O–H groups in total. The highest BCUT2D eigenvalue weighted by Crippen LogP contribution is 2.37. The van der Waals surface area contributed by atoms with Gasteiger partial charge in [0, 0.05) is 5.39 Å². The van der Waals surface area contributed by atoms with E-state index in [4.69, 9.17) is 0 Å². The Hall–Kier alpha value is -2.93. The van der Waals surface area contributed by atoms with Crippen LogP contribution in [0.2, 0.25) is 0 Å². The zero-order chi connectivity index (χ0) is 16.1. The number of aldehydes is 1. The second-order valence-corrected chi connectivity index (χ2v) is 4.87. The zero-order valence-electron chi connectivity index (χ0n) is 11.4. The van der Waals surface area contributed by atoms with Crippen molar-refractivity contribution in [1.29, 1.82) is 0 Å². The van der Waals surface area contributed by atoms with Crippen LogP contribution in [0, 0.1) is 0 Å². The van der Waals surface area contributed by atoms with Gasteiger partial charge in [-0.15, -0.1) is 0 Å². The largest absolute Gasteiger partial charge is 0.465 e. The number of allylic oxidation sites excluding steroid dienone is 1. The van der Waals surface area contributed by atoms with Gasteiger partial charge in [-0.05, 0) is 18.2 Å². The van der Waals surface area contributed by atoms with Gasteiger partial charge in [0.2, 0.25) is 0 Å². The number of esters is 1. The first kappa shape index (κ1) is 14.0. The maximum absolute atomic E-state index is 12.1. The summed E-state index contributed by atoms with van der Waals surface area (Å²) in [6.45, 7) is 0. The van der Waals surface area contributed by atoms with Crippen molar-refractivity contribution in [2.75, 3.05) is 7.11 Å². The Bertz CT molecular complexity index is 863. The van der Waals surface area contributed by atoms with Gasteiger partial charge in [0.25, 0.3) is 0 Å². The average molecular weight is 301 g/mol. The monoisotopic (exact) mass is 301 g/mol. The van der Waals surface area contributed by atoms with Crippen LogP contribution in [-0.4, -0.2) is 40.2 Å². The Labute approximate surface area is 124 Å². The van der Waals surface area contributed by atoms with Crippen LogP contribution < -0.4 is 0 Å². The minimum Gasteiger partial charge on any atom is -0.465 e. The maximum Gasteiger partial charge on any atom is 0.340 e. The van der Waals surface area contributed by atoms with Gasteiger partial charge in [-0.1, -0.05) is 12.1 Å². The molecule has 22 heavy (non-hydrogen) atoms. The summed E-state index contributed by atoms with van der Waals surface area (Å²) in [5, 5.41) is 20.9. The zero-order valence-corrected chi connectivity index (χ0v) is 11.4. The fourth-order valence-electron chi connectivity index (χ4n) is 2.67. The number of para-hydroxylation sites is 1. The lowest BCUT2D eigenvalue weighted by atomic mass is 9.89. The Morgan fingerprint density at radius 3 is 2.77 bits per heavy atom. The molecule has 1 aliphatic rings. The average Bonchev–Trinajstić information content (AvgIpc) is 2.85. The highest BCUT2D eigenvalue weighted by molar-refractivity contribution is 6.19. The summed E-state index contributed by atoms with van der Waals surface area (Å²) in [6.07, 6.45) is 2.26. The van der Waals surface area contributed by atoms with Gasteiger partial charge >= 0.3 is 5.97 Å². The number of rotatable bonds is 2. The minimum absolute atomic E-state index is 0.00308. The van der Waals surface area contributed by atoms with E-state index in [1.165, 1.54) is 25.3 Å². The lowest BCUT2D eigenvalue weighted by Crippen LogP contribution is -2.32. The van der Waals surface area contributed by atoms with Crippen molar-refractivity contribution < 1.29 is 29.4 Å². The second kappa shape index (κ2) is 4.54. The first-order valence-electron chi connectivity index (χ1n) is 6.32. The van der Waals surface area contributed by atoms with Crippen LogP contribution in [0.1, 0.15) is 26.4 Å². The fraction of sp³-hybridized carbons (Fsp3) is 0.133. The molecule has 0 fully saturated rings. The topological polar surface area (TPSA) is 106 Å². The third-order valence-corrected chi connectivity index (χ3v) is 3.67. The van der Waals surface area contributed by atoms with Gasteiger partial charge in [-0.2, -0.15) is 4.73 Å². The first-order valence-corrected chi connectivity index (χ1v) is 6.32. The van der Waals surface area contributed by atoms with Crippen molar-refractivity contribution in [3.63, 3.8) is 0 Å². The van der Waals surface area contributed by atoms with Gasteiger partial charge < -0.3 is 15.1 Å². The molecule has 0 saturated carbocycles. The van der Waals surface area contributed by atoms with E-state index >= 15 is 0 Å². The SMILES string of the molecule is COC(=O)c1cccc2c3c(n(O)c12)C(O)(C=O)C=CC3=O. The molecule has 1 aromatic carbocycles. The predicted molar refractivity (Wildman–Crippen MR) is 73.9 cm³/mol. The van der Waals surface area contributed by atoms with E-state index in [1.807, 2.05) is 0 Å². The van der Waals surface area contributed by atoms with Gasteiger partial charge in [0.15, 0.2) is 17.7 Å². The van der Waals surface area contributed by atoms with Crippen LogP contribution in [0.25, 0.3) is 10.9 Å². The van der Waals surface area contributed by atoms with Crippen molar-refractivity contribution in [3.05, 3.63) is 47.2 Å². The number of benzene rings is 1. The number of hydrogen-bond acceptors (Lipinski definition) is 6. The second-order valence-electron chi connectivity index (χ2n) is 4.87. The van der Waals surface area contributed by atoms with Crippen LogP contribution in [0.3, 0.4) is 0 Å². The molecule has 0 amide bonds. The van der Waals surface area contributed by atoms with Gasteiger partial charge in [0.1, 0.15) is 11.2 Å². The number of fused-ring (bicyclic) bond motifs is 3. The molecule has 1 atom stereocenters. The molecule has 112 valence electrons. The third-order valence-electron chi connectivity index (χ3n) is 3.67. The third kappa shape index (κ3) is 1.63. The Balaban J connectivity index is 2.49. The maximum atomic E-state index is 12.1. The number of nitrogens with zero attached hydrogens (tertiary/aromatic N) is 1. The Morgan fingerprint density at radius 2 is 2.14 bits per heavy atom. The van der Waals surface area contributed by atoms with Crippen LogP contribution in [0.15, 0.2) is 30.4 Å². The van der Waals surface area contributed by atoms with E-state index in [-0.39, 0.29) is 34.0 Å². The summed E-state index contributed by atoms with van der Waals surface area (Å²) in [5.41, 5.74) is -2.46. The van der Waals surface area contributed by atoms with Crippen molar-refractivity contribution >= 4 is 28.9 Å². The van der Waals surface area contributed by atoms with Crippen molar-refractivity contribution in [2.45, 2.75) is 5.60 Å². The van der Waals surface area contributed by atoms with E-state index < -0.39 is 17.4 Å². The Kier molecular flexibility index (Phi) is 2.89. The lowest BCUT2D eigenvalue weighted by molar-refractivity contribution is -0.121. The predicted octanol–water partition coefficient (Wildman–Crippen LogP) is 0.804. The fourth-order valence-corrected chi connectivity index (χ4v) is 2.67. The molecular formula is C15H11NO6. The molecule has 0 aliphatic heterocycles. The summed E-state index contributed by atoms with van der Waals surface area (Å²) in [7, 11) is 1.18. The molecule has 1 aromatic heterocycles. The van der Waals surface area contributed by atoms with Crippen molar-refractivity contribution in [1.82, 2.24) is 4.73 Å². The number of ether oxygens (including phenoxy) is 1. The number of methoxy groups -OCH3 is 1. The normalized spacial score (nSPS) is 20.0. The highest BCUT2D eigenvalue weighted by Gasteiger charge is 2.40. The molecule has 0 spiro atoms. The number of carbonyl (C=O) groups is 3. The minimum atomic E-state index is -2.15. The van der Waals surface area contributed by atoms with Gasteiger partial charge in [-0.3, -0.25) is 9.59 Å². The molecule has 7 heteroatoms. The standard InChI is InChI=1S/C15H11NO6/c1-22-14(19)9-4-2-3-8-11-10(18)5-6-15(20,7-17)13(11)16(21)12(8)9/h2-7,20-21H,1H3. The van der Waals surface area contributed by atoms with E-state index in [2.05, 4.69) is 4.74 Å². The van der Waals surface area contributed by atoms with E-state index in [0.717, 1.165) is 12.2 Å². The summed E-state index contributed by atoms with van der Waals surface area (Å²) in [5.74, 6) is -1.20. The number of ketones is 1. The molecular weight excluding hydrogens is 290 g/mol. The van der Waals surface area contributed by atoms with E-state index in [0.29, 0.717) is 4.73 Å².